The summed E-state index contributed by atoms with van der Waals surface area (Å²) in [6.07, 6.45) is 0. The molecule has 0 aromatic heterocycles. The van der Waals surface area contributed by atoms with Gasteiger partial charge in [0.25, 0.3) is 0 Å². The Kier molecular flexibility index (Phi) is 5.15. The van der Waals surface area contributed by atoms with Gasteiger partial charge in [-0.15, -0.1) is 11.8 Å². The molecule has 4 heteroatoms. The Hall–Kier alpha value is -1.39. The van der Waals surface area contributed by atoms with Crippen molar-refractivity contribution in [1.82, 2.24) is 5.32 Å². The Morgan fingerprint density at radius 1 is 1.15 bits per heavy atom. The van der Waals surface area contributed by atoms with Gasteiger partial charge in [0.05, 0.1) is 0 Å². The molecule has 1 unspecified atom stereocenters. The van der Waals surface area contributed by atoms with Gasteiger partial charge in [-0.1, -0.05) is 18.2 Å². The lowest BCUT2D eigenvalue weighted by atomic mass is 10.1. The molecule has 20 heavy (non-hydrogen) atoms. The number of hydrogen-bond donors (Lipinski definition) is 1. The van der Waals surface area contributed by atoms with Crippen LogP contribution in [0.1, 0.15) is 17.2 Å². The second kappa shape index (κ2) is 6.86. The van der Waals surface area contributed by atoms with Crippen LogP contribution in [0.4, 0.5) is 8.78 Å². The fourth-order valence-corrected chi connectivity index (χ4v) is 3.06. The summed E-state index contributed by atoms with van der Waals surface area (Å²) in [4.78, 5) is 0.893. The van der Waals surface area contributed by atoms with Crippen molar-refractivity contribution in [3.05, 3.63) is 65.2 Å². The highest BCUT2D eigenvalue weighted by molar-refractivity contribution is 7.99. The number of aryl methyl sites for hydroxylation is 1. The van der Waals surface area contributed by atoms with E-state index in [9.17, 15) is 8.78 Å². The third-order valence-corrected chi connectivity index (χ3v) is 4.23. The molecule has 2 aromatic carbocycles. The molecule has 0 aliphatic rings. The van der Waals surface area contributed by atoms with Crippen molar-refractivity contribution in [1.29, 1.82) is 0 Å². The zero-order valence-corrected chi connectivity index (χ0v) is 12.3. The second-order valence-electron chi connectivity index (χ2n) is 4.62. The van der Waals surface area contributed by atoms with Crippen molar-refractivity contribution < 1.29 is 8.78 Å². The van der Waals surface area contributed by atoms with Gasteiger partial charge in [-0.05, 0) is 49.4 Å². The lowest BCUT2D eigenvalue weighted by Crippen LogP contribution is -2.18. The maximum absolute atomic E-state index is 13.3. The van der Waals surface area contributed by atoms with Crippen LogP contribution in [0, 0.1) is 18.6 Å². The molecule has 0 aliphatic carbocycles. The van der Waals surface area contributed by atoms with Crippen molar-refractivity contribution in [2.75, 3.05) is 12.8 Å². The van der Waals surface area contributed by atoms with Crippen LogP contribution < -0.4 is 5.32 Å². The van der Waals surface area contributed by atoms with Crippen LogP contribution >= 0.6 is 11.8 Å². The summed E-state index contributed by atoms with van der Waals surface area (Å²) in [5.41, 5.74) is 1.67. The van der Waals surface area contributed by atoms with Crippen LogP contribution in [-0.2, 0) is 0 Å². The van der Waals surface area contributed by atoms with Gasteiger partial charge in [0.1, 0.15) is 11.6 Å². The number of hydrogen-bond acceptors (Lipinski definition) is 2. The van der Waals surface area contributed by atoms with Gasteiger partial charge in [0.2, 0.25) is 0 Å². The first-order valence-corrected chi connectivity index (χ1v) is 7.40. The van der Waals surface area contributed by atoms with Crippen molar-refractivity contribution >= 4 is 11.8 Å². The standard InChI is InChI=1S/C16H17F2NS/c1-11-8-12(6-7-15(11)18)16(19-2)10-20-14-5-3-4-13(17)9-14/h3-9,16,19H,10H2,1-2H3. The molecule has 106 valence electrons. The molecule has 0 bridgehead atoms. The first-order valence-electron chi connectivity index (χ1n) is 6.42. The highest BCUT2D eigenvalue weighted by Gasteiger charge is 2.11. The summed E-state index contributed by atoms with van der Waals surface area (Å²) in [6, 6.07) is 11.8. The maximum atomic E-state index is 13.3. The smallest absolute Gasteiger partial charge is 0.126 e. The topological polar surface area (TPSA) is 12.0 Å². The SMILES string of the molecule is CNC(CSc1cccc(F)c1)c1ccc(F)c(C)c1. The number of rotatable bonds is 5. The summed E-state index contributed by atoms with van der Waals surface area (Å²) in [6.45, 7) is 1.76. The maximum Gasteiger partial charge on any atom is 0.126 e. The fraction of sp³-hybridized carbons (Fsp3) is 0.250. The molecule has 0 saturated carbocycles. The average molecular weight is 293 g/mol. The summed E-state index contributed by atoms with van der Waals surface area (Å²) >= 11 is 1.58. The monoisotopic (exact) mass is 293 g/mol. The largest absolute Gasteiger partial charge is 0.312 e. The van der Waals surface area contributed by atoms with Crippen LogP contribution in [-0.4, -0.2) is 12.8 Å². The van der Waals surface area contributed by atoms with Gasteiger partial charge < -0.3 is 5.32 Å². The predicted molar refractivity (Wildman–Crippen MR) is 80.1 cm³/mol. The number of benzene rings is 2. The quantitative estimate of drug-likeness (QED) is 0.824. The molecule has 0 spiro atoms. The van der Waals surface area contributed by atoms with Crippen molar-refractivity contribution in [2.45, 2.75) is 17.9 Å². The van der Waals surface area contributed by atoms with E-state index in [1.54, 1.807) is 30.8 Å². The fourth-order valence-electron chi connectivity index (χ4n) is 1.97. The zero-order valence-electron chi connectivity index (χ0n) is 11.5. The molecule has 2 rings (SSSR count). The molecule has 0 aliphatic heterocycles. The van der Waals surface area contributed by atoms with Gasteiger partial charge >= 0.3 is 0 Å². The highest BCUT2D eigenvalue weighted by Crippen LogP contribution is 2.26. The Bertz CT molecular complexity index is 586. The first-order chi connectivity index (χ1) is 9.60. The minimum Gasteiger partial charge on any atom is -0.312 e. The summed E-state index contributed by atoms with van der Waals surface area (Å²) < 4.78 is 26.4. The third kappa shape index (κ3) is 3.81. The van der Waals surface area contributed by atoms with Crippen molar-refractivity contribution in [3.63, 3.8) is 0 Å². The van der Waals surface area contributed by atoms with Crippen molar-refractivity contribution in [3.8, 4) is 0 Å². The van der Waals surface area contributed by atoms with Gasteiger partial charge in [-0.25, -0.2) is 8.78 Å². The van der Waals surface area contributed by atoms with Gasteiger partial charge in [-0.3, -0.25) is 0 Å². The van der Waals surface area contributed by atoms with E-state index in [4.69, 9.17) is 0 Å². The molecule has 0 amide bonds. The van der Waals surface area contributed by atoms with E-state index >= 15 is 0 Å². The molecule has 1 N–H and O–H groups in total. The Balaban J connectivity index is 2.07. The first kappa shape index (κ1) is 15.0. The van der Waals surface area contributed by atoms with E-state index in [2.05, 4.69) is 5.32 Å². The summed E-state index contributed by atoms with van der Waals surface area (Å²) in [7, 11) is 1.87. The molecule has 0 heterocycles. The van der Waals surface area contributed by atoms with Crippen LogP contribution in [0.5, 0.6) is 0 Å². The lowest BCUT2D eigenvalue weighted by molar-refractivity contribution is 0.611. The van der Waals surface area contributed by atoms with Crippen LogP contribution in [0.3, 0.4) is 0 Å². The van der Waals surface area contributed by atoms with Crippen molar-refractivity contribution in [2.24, 2.45) is 0 Å². The summed E-state index contributed by atoms with van der Waals surface area (Å²) in [5, 5.41) is 3.21. The highest BCUT2D eigenvalue weighted by atomic mass is 32.2. The molecular weight excluding hydrogens is 276 g/mol. The van der Waals surface area contributed by atoms with E-state index in [0.717, 1.165) is 16.2 Å². The summed E-state index contributed by atoms with van der Waals surface area (Å²) in [5.74, 6) is 0.334. The predicted octanol–water partition coefficient (Wildman–Crippen LogP) is 4.33. The van der Waals surface area contributed by atoms with Gasteiger partial charge in [0.15, 0.2) is 0 Å². The average Bonchev–Trinajstić information content (AvgIpc) is 2.43. The van der Waals surface area contributed by atoms with Crippen LogP contribution in [0.25, 0.3) is 0 Å². The van der Waals surface area contributed by atoms with E-state index in [1.807, 2.05) is 19.2 Å². The van der Waals surface area contributed by atoms with E-state index < -0.39 is 0 Å². The van der Waals surface area contributed by atoms with Crippen LogP contribution in [0.15, 0.2) is 47.4 Å². The lowest BCUT2D eigenvalue weighted by Gasteiger charge is -2.17. The Labute approximate surface area is 122 Å². The molecule has 1 atom stereocenters. The molecule has 2 aromatic rings. The Morgan fingerprint density at radius 2 is 1.95 bits per heavy atom. The number of nitrogens with one attached hydrogen (secondary N) is 1. The minimum atomic E-state index is -0.228. The van der Waals surface area contributed by atoms with E-state index in [0.29, 0.717) is 5.56 Å². The molecule has 0 saturated heterocycles. The molecule has 0 fully saturated rings. The van der Waals surface area contributed by atoms with Crippen LogP contribution in [0.2, 0.25) is 0 Å². The normalized spacial score (nSPS) is 12.4. The molecule has 0 radical (unpaired) electrons. The van der Waals surface area contributed by atoms with E-state index in [-0.39, 0.29) is 17.7 Å². The molecular formula is C16H17F2NS. The van der Waals surface area contributed by atoms with Gasteiger partial charge in [-0.2, -0.15) is 0 Å². The minimum absolute atomic E-state index is 0.0996. The zero-order chi connectivity index (χ0) is 14.5. The second-order valence-corrected chi connectivity index (χ2v) is 5.71. The number of thioether (sulfide) groups is 1. The van der Waals surface area contributed by atoms with E-state index in [1.165, 1.54) is 18.2 Å². The molecule has 1 nitrogen and oxygen atoms in total. The Morgan fingerprint density at radius 3 is 2.60 bits per heavy atom. The number of halogens is 2. The third-order valence-electron chi connectivity index (χ3n) is 3.15. The van der Waals surface area contributed by atoms with Gasteiger partial charge in [0, 0.05) is 16.7 Å².